The SMILES string of the molecule is CC(=NN=C(c1ccccc1)c1ccccc1)c1ccc(F)cc1. The summed E-state index contributed by atoms with van der Waals surface area (Å²) in [7, 11) is 0. The molecule has 3 aromatic rings. The molecule has 0 radical (unpaired) electrons. The standard InChI is InChI=1S/C21H17FN2/c1-16(17-12-14-20(22)15-13-17)23-24-21(18-8-4-2-5-9-18)19-10-6-3-7-11-19/h2-15H,1H3. The van der Waals surface area contributed by atoms with E-state index in [1.165, 1.54) is 12.1 Å². The van der Waals surface area contributed by atoms with E-state index in [9.17, 15) is 4.39 Å². The summed E-state index contributed by atoms with van der Waals surface area (Å²) in [4.78, 5) is 0. The van der Waals surface area contributed by atoms with Gasteiger partial charge in [0, 0.05) is 11.1 Å². The van der Waals surface area contributed by atoms with E-state index in [0.29, 0.717) is 0 Å². The summed E-state index contributed by atoms with van der Waals surface area (Å²) < 4.78 is 13.0. The maximum Gasteiger partial charge on any atom is 0.123 e. The molecular weight excluding hydrogens is 299 g/mol. The van der Waals surface area contributed by atoms with Crippen LogP contribution >= 0.6 is 0 Å². The van der Waals surface area contributed by atoms with Crippen LogP contribution in [0.1, 0.15) is 23.6 Å². The molecule has 0 N–H and O–H groups in total. The third kappa shape index (κ3) is 3.82. The van der Waals surface area contributed by atoms with E-state index >= 15 is 0 Å². The molecule has 0 unspecified atom stereocenters. The van der Waals surface area contributed by atoms with Crippen molar-refractivity contribution in [3.8, 4) is 0 Å². The lowest BCUT2D eigenvalue weighted by Crippen LogP contribution is -2.03. The molecule has 2 nitrogen and oxygen atoms in total. The minimum atomic E-state index is -0.260. The van der Waals surface area contributed by atoms with Crippen LogP contribution in [0.2, 0.25) is 0 Å². The molecule has 0 aromatic heterocycles. The molecule has 0 spiro atoms. The highest BCUT2D eigenvalue weighted by Gasteiger charge is 2.06. The monoisotopic (exact) mass is 316 g/mol. The minimum absolute atomic E-state index is 0.260. The molecule has 24 heavy (non-hydrogen) atoms. The number of hydrogen-bond acceptors (Lipinski definition) is 2. The summed E-state index contributed by atoms with van der Waals surface area (Å²) in [5.74, 6) is -0.260. The second kappa shape index (κ2) is 7.47. The van der Waals surface area contributed by atoms with Crippen LogP contribution in [0, 0.1) is 5.82 Å². The van der Waals surface area contributed by atoms with Crippen LogP contribution in [0.5, 0.6) is 0 Å². The van der Waals surface area contributed by atoms with E-state index in [-0.39, 0.29) is 5.82 Å². The van der Waals surface area contributed by atoms with Gasteiger partial charge in [-0.3, -0.25) is 0 Å². The van der Waals surface area contributed by atoms with Gasteiger partial charge in [0.05, 0.1) is 5.71 Å². The van der Waals surface area contributed by atoms with Crippen molar-refractivity contribution in [3.05, 3.63) is 107 Å². The first kappa shape index (κ1) is 15.8. The molecule has 3 aromatic carbocycles. The Labute approximate surface area is 141 Å². The fourth-order valence-electron chi connectivity index (χ4n) is 2.35. The Morgan fingerprint density at radius 1 is 0.625 bits per heavy atom. The fraction of sp³-hybridized carbons (Fsp3) is 0.0476. The highest BCUT2D eigenvalue weighted by atomic mass is 19.1. The lowest BCUT2D eigenvalue weighted by molar-refractivity contribution is 0.628. The topological polar surface area (TPSA) is 24.7 Å². The molecule has 3 rings (SSSR count). The molecule has 0 aliphatic carbocycles. The van der Waals surface area contributed by atoms with Gasteiger partial charge in [-0.2, -0.15) is 5.10 Å². The van der Waals surface area contributed by atoms with Crippen LogP contribution in [-0.2, 0) is 0 Å². The second-order valence-corrected chi connectivity index (χ2v) is 5.37. The van der Waals surface area contributed by atoms with Crippen molar-refractivity contribution in [3.63, 3.8) is 0 Å². The number of benzene rings is 3. The van der Waals surface area contributed by atoms with Crippen LogP contribution in [0.25, 0.3) is 0 Å². The van der Waals surface area contributed by atoms with Crippen molar-refractivity contribution >= 4 is 11.4 Å². The normalized spacial score (nSPS) is 11.2. The molecule has 0 heterocycles. The summed E-state index contributed by atoms with van der Waals surface area (Å²) >= 11 is 0. The molecule has 0 fully saturated rings. The lowest BCUT2D eigenvalue weighted by atomic mass is 10.0. The quantitative estimate of drug-likeness (QED) is 0.473. The average molecular weight is 316 g/mol. The Morgan fingerprint density at radius 2 is 1.12 bits per heavy atom. The Balaban J connectivity index is 2.01. The number of rotatable bonds is 4. The van der Waals surface area contributed by atoms with Gasteiger partial charge in [-0.25, -0.2) is 4.39 Å². The van der Waals surface area contributed by atoms with E-state index in [0.717, 1.165) is 28.1 Å². The first-order chi connectivity index (χ1) is 11.7. The van der Waals surface area contributed by atoms with E-state index in [1.807, 2.05) is 67.6 Å². The molecule has 3 heteroatoms. The molecule has 0 saturated carbocycles. The van der Waals surface area contributed by atoms with Crippen LogP contribution in [-0.4, -0.2) is 11.4 Å². The highest BCUT2D eigenvalue weighted by Crippen LogP contribution is 2.12. The first-order valence-electron chi connectivity index (χ1n) is 7.73. The minimum Gasteiger partial charge on any atom is -0.207 e. The smallest absolute Gasteiger partial charge is 0.123 e. The van der Waals surface area contributed by atoms with Crippen molar-refractivity contribution in [2.45, 2.75) is 6.92 Å². The third-order valence-electron chi connectivity index (χ3n) is 3.66. The van der Waals surface area contributed by atoms with Gasteiger partial charge in [-0.1, -0.05) is 72.8 Å². The van der Waals surface area contributed by atoms with E-state index in [4.69, 9.17) is 0 Å². The molecule has 0 aliphatic rings. The molecule has 0 bridgehead atoms. The van der Waals surface area contributed by atoms with Gasteiger partial charge in [-0.05, 0) is 24.6 Å². The predicted molar refractivity (Wildman–Crippen MR) is 97.1 cm³/mol. The Bertz CT molecular complexity index is 810. The molecule has 118 valence electrons. The van der Waals surface area contributed by atoms with Crippen LogP contribution in [0.15, 0.2) is 95.1 Å². The molecular formula is C21H17FN2. The maximum absolute atomic E-state index is 13.0. The summed E-state index contributed by atoms with van der Waals surface area (Å²) in [5.41, 5.74) is 4.39. The molecule has 0 aliphatic heterocycles. The van der Waals surface area contributed by atoms with Crippen molar-refractivity contribution in [1.29, 1.82) is 0 Å². The van der Waals surface area contributed by atoms with Crippen molar-refractivity contribution < 1.29 is 4.39 Å². The second-order valence-electron chi connectivity index (χ2n) is 5.37. The summed E-state index contributed by atoms with van der Waals surface area (Å²) in [6.45, 7) is 1.87. The maximum atomic E-state index is 13.0. The van der Waals surface area contributed by atoms with Gasteiger partial charge >= 0.3 is 0 Å². The van der Waals surface area contributed by atoms with E-state index < -0.39 is 0 Å². The van der Waals surface area contributed by atoms with E-state index in [2.05, 4.69) is 10.2 Å². The fourth-order valence-corrected chi connectivity index (χ4v) is 2.35. The lowest BCUT2D eigenvalue weighted by Gasteiger charge is -2.06. The Kier molecular flexibility index (Phi) is 4.92. The molecule has 0 atom stereocenters. The van der Waals surface area contributed by atoms with Gasteiger partial charge in [0.2, 0.25) is 0 Å². The zero-order chi connectivity index (χ0) is 16.8. The van der Waals surface area contributed by atoms with Crippen LogP contribution in [0.4, 0.5) is 4.39 Å². The predicted octanol–water partition coefficient (Wildman–Crippen LogP) is 5.09. The van der Waals surface area contributed by atoms with Gasteiger partial charge in [0.15, 0.2) is 0 Å². The van der Waals surface area contributed by atoms with Gasteiger partial charge < -0.3 is 0 Å². The Hall–Kier alpha value is -3.07. The number of nitrogens with zero attached hydrogens (tertiary/aromatic N) is 2. The molecule has 0 amide bonds. The van der Waals surface area contributed by atoms with Crippen molar-refractivity contribution in [1.82, 2.24) is 0 Å². The van der Waals surface area contributed by atoms with Gasteiger partial charge in [0.25, 0.3) is 0 Å². The van der Waals surface area contributed by atoms with E-state index in [1.54, 1.807) is 12.1 Å². The largest absolute Gasteiger partial charge is 0.207 e. The van der Waals surface area contributed by atoms with Crippen LogP contribution < -0.4 is 0 Å². The van der Waals surface area contributed by atoms with Gasteiger partial charge in [0.1, 0.15) is 11.5 Å². The first-order valence-corrected chi connectivity index (χ1v) is 7.73. The number of hydrogen-bond donors (Lipinski definition) is 0. The summed E-state index contributed by atoms with van der Waals surface area (Å²) in [5, 5.41) is 8.83. The summed E-state index contributed by atoms with van der Waals surface area (Å²) in [6.07, 6.45) is 0. The Morgan fingerprint density at radius 3 is 1.62 bits per heavy atom. The van der Waals surface area contributed by atoms with Gasteiger partial charge in [-0.15, -0.1) is 5.10 Å². The zero-order valence-electron chi connectivity index (χ0n) is 13.4. The van der Waals surface area contributed by atoms with Crippen LogP contribution in [0.3, 0.4) is 0 Å². The van der Waals surface area contributed by atoms with Crippen molar-refractivity contribution in [2.24, 2.45) is 10.2 Å². The summed E-state index contributed by atoms with van der Waals surface area (Å²) in [6, 6.07) is 26.1. The highest BCUT2D eigenvalue weighted by molar-refractivity contribution is 6.13. The zero-order valence-corrected chi connectivity index (χ0v) is 13.4. The molecule has 0 saturated heterocycles. The number of halogens is 1. The van der Waals surface area contributed by atoms with Crippen molar-refractivity contribution in [2.75, 3.05) is 0 Å². The average Bonchev–Trinajstić information content (AvgIpc) is 2.64. The third-order valence-corrected chi connectivity index (χ3v) is 3.66.